The minimum absolute atomic E-state index is 0.0529. The lowest BCUT2D eigenvalue weighted by Gasteiger charge is -2.35. The Balaban J connectivity index is 1.55. The normalized spacial score (nSPS) is 14.7. The number of aryl methyl sites for hydroxylation is 1. The maximum Gasteiger partial charge on any atom is 0.246 e. The fourth-order valence-electron chi connectivity index (χ4n) is 3.04. The van der Waals surface area contributed by atoms with Gasteiger partial charge in [0.1, 0.15) is 0 Å². The standard InChI is InChI=1S/C22H24N2O2/c1-17-3-5-19(6-4-17)7-12-22(26)24-15-13-23(14-16-24)21-10-8-20(9-11-21)18(2)25/h3-12H,13-16H2,1-2H3/b12-7+. The predicted molar refractivity (Wildman–Crippen MR) is 105 cm³/mol. The molecule has 0 atom stereocenters. The Labute approximate surface area is 154 Å². The Morgan fingerprint density at radius 2 is 1.50 bits per heavy atom. The molecular weight excluding hydrogens is 324 g/mol. The Hall–Kier alpha value is -2.88. The largest absolute Gasteiger partial charge is 0.368 e. The van der Waals surface area contributed by atoms with Gasteiger partial charge in [0, 0.05) is 43.5 Å². The molecule has 1 saturated heterocycles. The number of hydrogen-bond acceptors (Lipinski definition) is 3. The fraction of sp³-hybridized carbons (Fsp3) is 0.273. The maximum atomic E-state index is 12.4. The van der Waals surface area contributed by atoms with Gasteiger partial charge in [0.05, 0.1) is 0 Å². The summed E-state index contributed by atoms with van der Waals surface area (Å²) >= 11 is 0. The van der Waals surface area contributed by atoms with Crippen molar-refractivity contribution in [2.75, 3.05) is 31.1 Å². The average molecular weight is 348 g/mol. The van der Waals surface area contributed by atoms with E-state index in [0.29, 0.717) is 13.1 Å². The van der Waals surface area contributed by atoms with Gasteiger partial charge in [-0.3, -0.25) is 9.59 Å². The summed E-state index contributed by atoms with van der Waals surface area (Å²) < 4.78 is 0. The number of benzene rings is 2. The number of carbonyl (C=O) groups is 2. The molecule has 0 bridgehead atoms. The van der Waals surface area contributed by atoms with Gasteiger partial charge in [-0.05, 0) is 49.8 Å². The van der Waals surface area contributed by atoms with E-state index in [0.717, 1.165) is 29.9 Å². The van der Waals surface area contributed by atoms with Crippen molar-refractivity contribution < 1.29 is 9.59 Å². The molecule has 4 heteroatoms. The van der Waals surface area contributed by atoms with Crippen LogP contribution in [0.15, 0.2) is 54.6 Å². The zero-order valence-corrected chi connectivity index (χ0v) is 15.3. The van der Waals surface area contributed by atoms with E-state index in [1.54, 1.807) is 13.0 Å². The van der Waals surface area contributed by atoms with Crippen molar-refractivity contribution in [3.63, 3.8) is 0 Å². The van der Waals surface area contributed by atoms with Crippen molar-refractivity contribution in [2.24, 2.45) is 0 Å². The quantitative estimate of drug-likeness (QED) is 0.627. The van der Waals surface area contributed by atoms with E-state index in [2.05, 4.69) is 4.90 Å². The molecule has 1 amide bonds. The average Bonchev–Trinajstić information content (AvgIpc) is 2.67. The summed E-state index contributed by atoms with van der Waals surface area (Å²) in [6, 6.07) is 15.8. The molecule has 0 aliphatic carbocycles. The van der Waals surface area contributed by atoms with E-state index >= 15 is 0 Å². The number of amides is 1. The van der Waals surface area contributed by atoms with Gasteiger partial charge in [-0.2, -0.15) is 0 Å². The highest BCUT2D eigenvalue weighted by atomic mass is 16.2. The van der Waals surface area contributed by atoms with Crippen LogP contribution in [0.5, 0.6) is 0 Å². The van der Waals surface area contributed by atoms with Crippen LogP contribution in [-0.2, 0) is 4.79 Å². The number of Topliss-reactive ketones (excluding diaryl/α,β-unsaturated/α-hetero) is 1. The van der Waals surface area contributed by atoms with Crippen molar-refractivity contribution in [3.8, 4) is 0 Å². The first-order chi connectivity index (χ1) is 12.5. The third-order valence-corrected chi connectivity index (χ3v) is 4.73. The molecule has 0 aromatic heterocycles. The van der Waals surface area contributed by atoms with Gasteiger partial charge < -0.3 is 9.80 Å². The highest BCUT2D eigenvalue weighted by Gasteiger charge is 2.19. The van der Waals surface area contributed by atoms with Gasteiger partial charge in [0.25, 0.3) is 0 Å². The third-order valence-electron chi connectivity index (χ3n) is 4.73. The monoisotopic (exact) mass is 348 g/mol. The molecule has 2 aromatic rings. The molecule has 0 unspecified atom stereocenters. The van der Waals surface area contributed by atoms with E-state index in [4.69, 9.17) is 0 Å². The lowest BCUT2D eigenvalue weighted by Crippen LogP contribution is -2.48. The number of carbonyl (C=O) groups excluding carboxylic acids is 2. The van der Waals surface area contributed by atoms with Crippen molar-refractivity contribution in [2.45, 2.75) is 13.8 Å². The summed E-state index contributed by atoms with van der Waals surface area (Å²) in [5.74, 6) is 0.129. The minimum atomic E-state index is 0.0529. The van der Waals surface area contributed by atoms with Gasteiger partial charge in [-0.25, -0.2) is 0 Å². The van der Waals surface area contributed by atoms with Gasteiger partial charge in [0.2, 0.25) is 5.91 Å². The number of anilines is 1. The van der Waals surface area contributed by atoms with E-state index < -0.39 is 0 Å². The van der Waals surface area contributed by atoms with Crippen LogP contribution in [-0.4, -0.2) is 42.8 Å². The topological polar surface area (TPSA) is 40.6 Å². The van der Waals surface area contributed by atoms with E-state index in [1.165, 1.54) is 5.56 Å². The lowest BCUT2D eigenvalue weighted by atomic mass is 10.1. The summed E-state index contributed by atoms with van der Waals surface area (Å²) in [4.78, 5) is 27.9. The summed E-state index contributed by atoms with van der Waals surface area (Å²) in [6.45, 7) is 6.61. The van der Waals surface area contributed by atoms with E-state index in [9.17, 15) is 9.59 Å². The van der Waals surface area contributed by atoms with Crippen molar-refractivity contribution in [1.82, 2.24) is 4.90 Å². The van der Waals surface area contributed by atoms with Crippen molar-refractivity contribution in [3.05, 3.63) is 71.3 Å². The summed E-state index contributed by atoms with van der Waals surface area (Å²) in [7, 11) is 0. The molecular formula is C22H24N2O2. The predicted octanol–water partition coefficient (Wildman–Crippen LogP) is 3.56. The molecule has 0 spiro atoms. The van der Waals surface area contributed by atoms with Crippen LogP contribution in [0.25, 0.3) is 6.08 Å². The van der Waals surface area contributed by atoms with Gasteiger partial charge >= 0.3 is 0 Å². The second kappa shape index (κ2) is 8.00. The highest BCUT2D eigenvalue weighted by Crippen LogP contribution is 2.18. The highest BCUT2D eigenvalue weighted by molar-refractivity contribution is 5.94. The van der Waals surface area contributed by atoms with E-state index in [-0.39, 0.29) is 11.7 Å². The number of hydrogen-bond donors (Lipinski definition) is 0. The number of ketones is 1. The number of piperazine rings is 1. The van der Waals surface area contributed by atoms with Crippen LogP contribution in [0.3, 0.4) is 0 Å². The summed E-state index contributed by atoms with van der Waals surface area (Å²) in [5, 5.41) is 0. The SMILES string of the molecule is CC(=O)c1ccc(N2CCN(C(=O)/C=C/c3ccc(C)cc3)CC2)cc1. The van der Waals surface area contributed by atoms with Crippen molar-refractivity contribution in [1.29, 1.82) is 0 Å². The van der Waals surface area contributed by atoms with Crippen LogP contribution in [0.2, 0.25) is 0 Å². The van der Waals surface area contributed by atoms with E-state index in [1.807, 2.05) is 66.4 Å². The van der Waals surface area contributed by atoms with Gasteiger partial charge in [-0.15, -0.1) is 0 Å². The third kappa shape index (κ3) is 4.39. The molecule has 2 aromatic carbocycles. The van der Waals surface area contributed by atoms with Crippen LogP contribution >= 0.6 is 0 Å². The second-order valence-electron chi connectivity index (χ2n) is 6.66. The number of nitrogens with zero attached hydrogens (tertiary/aromatic N) is 2. The lowest BCUT2D eigenvalue weighted by molar-refractivity contribution is -0.126. The molecule has 1 heterocycles. The van der Waals surface area contributed by atoms with Crippen LogP contribution in [0.1, 0.15) is 28.4 Å². The molecule has 0 N–H and O–H groups in total. The summed E-state index contributed by atoms with van der Waals surface area (Å²) in [6.07, 6.45) is 3.52. The molecule has 0 saturated carbocycles. The Morgan fingerprint density at radius 1 is 0.885 bits per heavy atom. The smallest absolute Gasteiger partial charge is 0.246 e. The molecule has 4 nitrogen and oxygen atoms in total. The van der Waals surface area contributed by atoms with Gasteiger partial charge in [-0.1, -0.05) is 29.8 Å². The maximum absolute atomic E-state index is 12.4. The molecule has 3 rings (SSSR count). The molecule has 0 radical (unpaired) electrons. The van der Waals surface area contributed by atoms with Crippen molar-refractivity contribution >= 4 is 23.5 Å². The van der Waals surface area contributed by atoms with Crippen LogP contribution in [0, 0.1) is 6.92 Å². The molecule has 1 aliphatic rings. The first kappa shape index (κ1) is 17.9. The zero-order valence-electron chi connectivity index (χ0n) is 15.3. The number of rotatable bonds is 4. The second-order valence-corrected chi connectivity index (χ2v) is 6.66. The van der Waals surface area contributed by atoms with Crippen LogP contribution in [0.4, 0.5) is 5.69 Å². The fourth-order valence-corrected chi connectivity index (χ4v) is 3.04. The van der Waals surface area contributed by atoms with Crippen LogP contribution < -0.4 is 4.90 Å². The molecule has 26 heavy (non-hydrogen) atoms. The molecule has 1 aliphatic heterocycles. The Morgan fingerprint density at radius 3 is 2.08 bits per heavy atom. The zero-order chi connectivity index (χ0) is 18.5. The first-order valence-electron chi connectivity index (χ1n) is 8.92. The molecule has 1 fully saturated rings. The molecule has 134 valence electrons. The van der Waals surface area contributed by atoms with Gasteiger partial charge in [0.15, 0.2) is 5.78 Å². The Bertz CT molecular complexity index is 799. The summed E-state index contributed by atoms with van der Waals surface area (Å²) in [5.41, 5.74) is 4.06. The minimum Gasteiger partial charge on any atom is -0.368 e. The first-order valence-corrected chi connectivity index (χ1v) is 8.92. The Kier molecular flexibility index (Phi) is 5.52.